The Morgan fingerprint density at radius 3 is 2.91 bits per heavy atom. The highest BCUT2D eigenvalue weighted by Crippen LogP contribution is 2.21. The molecular weight excluding hydrogens is 290 g/mol. The van der Waals surface area contributed by atoms with Gasteiger partial charge >= 0.3 is 0 Å². The van der Waals surface area contributed by atoms with Crippen molar-refractivity contribution in [2.45, 2.75) is 6.54 Å². The van der Waals surface area contributed by atoms with Crippen molar-refractivity contribution in [1.82, 2.24) is 10.1 Å². The predicted molar refractivity (Wildman–Crippen MR) is 88.0 cm³/mol. The van der Waals surface area contributed by atoms with Gasteiger partial charge in [-0.3, -0.25) is 0 Å². The van der Waals surface area contributed by atoms with E-state index in [9.17, 15) is 0 Å². The Hall–Kier alpha value is -3.26. The molecule has 3 rings (SSSR count). The minimum Gasteiger partial charge on any atom is -0.497 e. The van der Waals surface area contributed by atoms with Crippen LogP contribution in [0.4, 0.5) is 5.69 Å². The fourth-order valence-electron chi connectivity index (χ4n) is 2.10. The Morgan fingerprint density at radius 2 is 2.09 bits per heavy atom. The first kappa shape index (κ1) is 14.7. The zero-order valence-corrected chi connectivity index (χ0v) is 12.6. The third-order valence-corrected chi connectivity index (χ3v) is 3.27. The van der Waals surface area contributed by atoms with Crippen molar-refractivity contribution in [2.75, 3.05) is 12.4 Å². The van der Waals surface area contributed by atoms with Crippen LogP contribution in [0, 0.1) is 12.3 Å². The van der Waals surface area contributed by atoms with Gasteiger partial charge in [0.1, 0.15) is 5.75 Å². The Labute approximate surface area is 134 Å². The van der Waals surface area contributed by atoms with Crippen LogP contribution in [-0.2, 0) is 6.54 Å². The molecule has 5 nitrogen and oxygen atoms in total. The largest absolute Gasteiger partial charge is 0.497 e. The predicted octanol–water partition coefficient (Wildman–Crippen LogP) is 3.34. The fourth-order valence-corrected chi connectivity index (χ4v) is 2.10. The second-order valence-electron chi connectivity index (χ2n) is 4.82. The Morgan fingerprint density at radius 1 is 1.22 bits per heavy atom. The average molecular weight is 305 g/mol. The van der Waals surface area contributed by atoms with Crippen molar-refractivity contribution in [3.8, 4) is 29.5 Å². The molecule has 0 fully saturated rings. The zero-order valence-electron chi connectivity index (χ0n) is 12.6. The first-order valence-corrected chi connectivity index (χ1v) is 7.06. The van der Waals surface area contributed by atoms with Gasteiger partial charge in [0, 0.05) is 16.8 Å². The number of nitrogens with one attached hydrogen (secondary N) is 1. The quantitative estimate of drug-likeness (QED) is 0.733. The van der Waals surface area contributed by atoms with Crippen LogP contribution >= 0.6 is 0 Å². The lowest BCUT2D eigenvalue weighted by molar-refractivity contribution is 0.384. The van der Waals surface area contributed by atoms with Gasteiger partial charge < -0.3 is 14.6 Å². The van der Waals surface area contributed by atoms with Gasteiger partial charge in [0.2, 0.25) is 11.7 Å². The van der Waals surface area contributed by atoms with Crippen LogP contribution in [0.25, 0.3) is 11.4 Å². The van der Waals surface area contributed by atoms with Gasteiger partial charge in [-0.05, 0) is 30.3 Å². The molecule has 5 heteroatoms. The number of nitrogens with zero attached hydrogens (tertiary/aromatic N) is 2. The molecule has 1 N–H and O–H groups in total. The fraction of sp³-hybridized carbons (Fsp3) is 0.111. The molecule has 2 aromatic carbocycles. The molecule has 23 heavy (non-hydrogen) atoms. The van der Waals surface area contributed by atoms with Crippen molar-refractivity contribution in [3.05, 3.63) is 60.0 Å². The lowest BCUT2D eigenvalue weighted by atomic mass is 10.2. The van der Waals surface area contributed by atoms with Crippen LogP contribution in [-0.4, -0.2) is 17.3 Å². The van der Waals surface area contributed by atoms with E-state index in [-0.39, 0.29) is 0 Å². The van der Waals surface area contributed by atoms with E-state index in [0.29, 0.717) is 18.3 Å². The molecule has 1 heterocycles. The Balaban J connectivity index is 1.70. The van der Waals surface area contributed by atoms with Crippen LogP contribution in [0.15, 0.2) is 53.1 Å². The van der Waals surface area contributed by atoms with Gasteiger partial charge in [-0.1, -0.05) is 29.3 Å². The van der Waals surface area contributed by atoms with E-state index < -0.39 is 0 Å². The highest BCUT2D eigenvalue weighted by molar-refractivity contribution is 5.57. The Kier molecular flexibility index (Phi) is 4.25. The summed E-state index contributed by atoms with van der Waals surface area (Å²) < 4.78 is 10.5. The molecule has 0 bridgehead atoms. The lowest BCUT2D eigenvalue weighted by Crippen LogP contribution is -1.99. The molecular formula is C18H15N3O2. The summed E-state index contributed by atoms with van der Waals surface area (Å²) in [6.45, 7) is 0.422. The third kappa shape index (κ3) is 3.50. The molecule has 0 radical (unpaired) electrons. The molecule has 114 valence electrons. The number of benzene rings is 2. The number of hydrogen-bond acceptors (Lipinski definition) is 5. The first-order valence-electron chi connectivity index (χ1n) is 7.06. The Bertz CT molecular complexity index is 849. The van der Waals surface area contributed by atoms with Crippen molar-refractivity contribution in [1.29, 1.82) is 0 Å². The number of aromatic nitrogens is 2. The summed E-state index contributed by atoms with van der Waals surface area (Å²) in [5.41, 5.74) is 2.56. The standard InChI is InChI=1S/C18H15N3O2/c1-3-13-6-4-8-15(10-13)19-12-17-20-18(21-23-17)14-7-5-9-16(11-14)22-2/h1,4-11,19H,12H2,2H3. The van der Waals surface area contributed by atoms with E-state index in [1.807, 2.05) is 48.5 Å². The number of ether oxygens (including phenoxy) is 1. The van der Waals surface area contributed by atoms with E-state index >= 15 is 0 Å². The van der Waals surface area contributed by atoms with Crippen molar-refractivity contribution < 1.29 is 9.26 Å². The molecule has 0 saturated heterocycles. The molecule has 0 aliphatic rings. The van der Waals surface area contributed by atoms with Crippen LogP contribution in [0.2, 0.25) is 0 Å². The SMILES string of the molecule is C#Cc1cccc(NCc2nc(-c3cccc(OC)c3)no2)c1. The van der Waals surface area contributed by atoms with E-state index in [1.165, 1.54) is 0 Å². The topological polar surface area (TPSA) is 60.2 Å². The van der Waals surface area contributed by atoms with Gasteiger partial charge in [0.05, 0.1) is 13.7 Å². The highest BCUT2D eigenvalue weighted by Gasteiger charge is 2.09. The third-order valence-electron chi connectivity index (χ3n) is 3.27. The molecule has 0 saturated carbocycles. The van der Waals surface area contributed by atoms with E-state index in [0.717, 1.165) is 22.6 Å². The van der Waals surface area contributed by atoms with Crippen LogP contribution in [0.3, 0.4) is 0 Å². The maximum atomic E-state index is 5.39. The molecule has 0 aliphatic heterocycles. The number of terminal acetylenes is 1. The molecule has 1 aromatic heterocycles. The second kappa shape index (κ2) is 6.67. The monoisotopic (exact) mass is 305 g/mol. The van der Waals surface area contributed by atoms with E-state index in [4.69, 9.17) is 15.7 Å². The summed E-state index contributed by atoms with van der Waals surface area (Å²) in [7, 11) is 1.62. The van der Waals surface area contributed by atoms with Gasteiger partial charge in [-0.15, -0.1) is 6.42 Å². The molecule has 0 amide bonds. The van der Waals surface area contributed by atoms with Crippen LogP contribution in [0.5, 0.6) is 5.75 Å². The average Bonchev–Trinajstić information content (AvgIpc) is 3.09. The maximum absolute atomic E-state index is 5.39. The van der Waals surface area contributed by atoms with Crippen LogP contribution in [0.1, 0.15) is 11.5 Å². The smallest absolute Gasteiger partial charge is 0.246 e. The highest BCUT2D eigenvalue weighted by atomic mass is 16.5. The van der Waals surface area contributed by atoms with Crippen molar-refractivity contribution in [2.24, 2.45) is 0 Å². The van der Waals surface area contributed by atoms with Gasteiger partial charge in [0.15, 0.2) is 0 Å². The lowest BCUT2D eigenvalue weighted by Gasteiger charge is -2.03. The number of rotatable bonds is 5. The first-order chi connectivity index (χ1) is 11.3. The molecule has 3 aromatic rings. The van der Waals surface area contributed by atoms with Gasteiger partial charge in [-0.25, -0.2) is 0 Å². The second-order valence-corrected chi connectivity index (χ2v) is 4.82. The summed E-state index contributed by atoms with van der Waals surface area (Å²) in [6.07, 6.45) is 5.39. The summed E-state index contributed by atoms with van der Waals surface area (Å²) in [5.74, 6) is 4.37. The number of anilines is 1. The molecule has 0 unspecified atom stereocenters. The normalized spacial score (nSPS) is 10.1. The summed E-state index contributed by atoms with van der Waals surface area (Å²) in [5, 5.41) is 7.20. The van der Waals surface area contributed by atoms with Crippen molar-refractivity contribution in [3.63, 3.8) is 0 Å². The summed E-state index contributed by atoms with van der Waals surface area (Å²) in [6, 6.07) is 15.1. The van der Waals surface area contributed by atoms with E-state index in [2.05, 4.69) is 21.4 Å². The summed E-state index contributed by atoms with van der Waals surface area (Å²) in [4.78, 5) is 4.38. The van der Waals surface area contributed by atoms with Gasteiger partial charge in [0.25, 0.3) is 0 Å². The van der Waals surface area contributed by atoms with E-state index in [1.54, 1.807) is 7.11 Å². The molecule has 0 aliphatic carbocycles. The molecule has 0 spiro atoms. The minimum absolute atomic E-state index is 0.422. The van der Waals surface area contributed by atoms with Gasteiger partial charge in [-0.2, -0.15) is 4.98 Å². The summed E-state index contributed by atoms with van der Waals surface area (Å²) >= 11 is 0. The zero-order chi connectivity index (χ0) is 16.1. The van der Waals surface area contributed by atoms with Crippen molar-refractivity contribution >= 4 is 5.69 Å². The number of hydrogen-bond donors (Lipinski definition) is 1. The molecule has 0 atom stereocenters. The minimum atomic E-state index is 0.422. The number of methoxy groups -OCH3 is 1. The maximum Gasteiger partial charge on any atom is 0.246 e. The van der Waals surface area contributed by atoms with Crippen LogP contribution < -0.4 is 10.1 Å².